The first-order chi connectivity index (χ1) is 9.22. The summed E-state index contributed by atoms with van der Waals surface area (Å²) in [5.74, 6) is 0.905. The van der Waals surface area contributed by atoms with E-state index in [1.165, 1.54) is 5.56 Å². The van der Waals surface area contributed by atoms with E-state index in [1.807, 2.05) is 29.1 Å². The van der Waals surface area contributed by atoms with E-state index in [0.717, 1.165) is 30.7 Å². The van der Waals surface area contributed by atoms with Crippen molar-refractivity contribution in [2.45, 2.75) is 32.4 Å². The maximum atomic E-state index is 6.22. The highest BCUT2D eigenvalue weighted by Crippen LogP contribution is 2.19. The highest BCUT2D eigenvalue weighted by atomic mass is 16.5. The summed E-state index contributed by atoms with van der Waals surface area (Å²) in [6.07, 6.45) is 5.59. The summed E-state index contributed by atoms with van der Waals surface area (Å²) in [6.45, 7) is 2.97. The fraction of sp³-hybridized carbons (Fsp3) is 0.400. The molecular weight excluding hydrogens is 238 g/mol. The van der Waals surface area contributed by atoms with Crippen molar-refractivity contribution < 1.29 is 4.74 Å². The van der Waals surface area contributed by atoms with E-state index in [4.69, 9.17) is 10.5 Å². The molecule has 2 rings (SSSR count). The monoisotopic (exact) mass is 259 g/mol. The van der Waals surface area contributed by atoms with Crippen LogP contribution in [0.3, 0.4) is 0 Å². The molecule has 1 heterocycles. The molecule has 0 aliphatic heterocycles. The molecule has 1 atom stereocenters. The lowest BCUT2D eigenvalue weighted by molar-refractivity contribution is 0.408. The Morgan fingerprint density at radius 3 is 2.79 bits per heavy atom. The van der Waals surface area contributed by atoms with Crippen LogP contribution in [-0.4, -0.2) is 22.9 Å². The quantitative estimate of drug-likeness (QED) is 0.863. The topological polar surface area (TPSA) is 53.1 Å². The third kappa shape index (κ3) is 3.58. The van der Waals surface area contributed by atoms with Gasteiger partial charge in [0.2, 0.25) is 0 Å². The maximum absolute atomic E-state index is 6.22. The van der Waals surface area contributed by atoms with Gasteiger partial charge < -0.3 is 10.5 Å². The zero-order valence-corrected chi connectivity index (χ0v) is 11.5. The Bertz CT molecular complexity index is 522. The summed E-state index contributed by atoms with van der Waals surface area (Å²) in [5, 5.41) is 4.26. The largest absolute Gasteiger partial charge is 0.496 e. The van der Waals surface area contributed by atoms with E-state index in [-0.39, 0.29) is 6.04 Å². The smallest absolute Gasteiger partial charge is 0.122 e. The Morgan fingerprint density at radius 2 is 2.11 bits per heavy atom. The first-order valence-corrected chi connectivity index (χ1v) is 6.61. The SMILES string of the molecule is CCn1cc(CC(N)Cc2ccccc2OC)cn1. The van der Waals surface area contributed by atoms with Gasteiger partial charge in [0.05, 0.1) is 13.3 Å². The van der Waals surface area contributed by atoms with Gasteiger partial charge in [0, 0.05) is 18.8 Å². The number of nitrogens with zero attached hydrogens (tertiary/aromatic N) is 2. The number of hydrogen-bond donors (Lipinski definition) is 1. The van der Waals surface area contributed by atoms with Gasteiger partial charge in [-0.2, -0.15) is 5.10 Å². The normalized spacial score (nSPS) is 12.4. The van der Waals surface area contributed by atoms with E-state index in [1.54, 1.807) is 7.11 Å². The molecule has 4 heteroatoms. The predicted octanol–water partition coefficient (Wildman–Crippen LogP) is 2.02. The minimum absolute atomic E-state index is 0.0748. The lowest BCUT2D eigenvalue weighted by Gasteiger charge is -2.13. The standard InChI is InChI=1S/C15H21N3O/c1-3-18-11-12(10-17-18)8-14(16)9-13-6-4-5-7-15(13)19-2/h4-7,10-11,14H,3,8-9,16H2,1-2H3. The van der Waals surface area contributed by atoms with Crippen LogP contribution in [0.1, 0.15) is 18.1 Å². The van der Waals surface area contributed by atoms with Gasteiger partial charge in [0.25, 0.3) is 0 Å². The lowest BCUT2D eigenvalue weighted by atomic mass is 10.0. The minimum Gasteiger partial charge on any atom is -0.496 e. The van der Waals surface area contributed by atoms with Crippen LogP contribution in [0.2, 0.25) is 0 Å². The number of nitrogens with two attached hydrogens (primary N) is 1. The summed E-state index contributed by atoms with van der Waals surface area (Å²) in [7, 11) is 1.69. The van der Waals surface area contributed by atoms with E-state index in [2.05, 4.69) is 24.3 Å². The zero-order valence-electron chi connectivity index (χ0n) is 11.5. The Hall–Kier alpha value is -1.81. The van der Waals surface area contributed by atoms with Gasteiger partial charge in [-0.05, 0) is 37.0 Å². The van der Waals surface area contributed by atoms with Crippen molar-refractivity contribution in [3.63, 3.8) is 0 Å². The summed E-state index contributed by atoms with van der Waals surface area (Å²) < 4.78 is 7.27. The molecule has 19 heavy (non-hydrogen) atoms. The maximum Gasteiger partial charge on any atom is 0.122 e. The number of hydrogen-bond acceptors (Lipinski definition) is 3. The van der Waals surface area contributed by atoms with Crippen LogP contribution in [0.5, 0.6) is 5.75 Å². The molecule has 0 bridgehead atoms. The summed E-state index contributed by atoms with van der Waals surface area (Å²) >= 11 is 0. The molecule has 0 amide bonds. The van der Waals surface area contributed by atoms with E-state index in [0.29, 0.717) is 0 Å². The van der Waals surface area contributed by atoms with Crippen LogP contribution in [0.15, 0.2) is 36.7 Å². The van der Waals surface area contributed by atoms with Crippen LogP contribution in [0.4, 0.5) is 0 Å². The molecule has 0 spiro atoms. The molecule has 1 aromatic heterocycles. The average Bonchev–Trinajstić information content (AvgIpc) is 2.87. The fourth-order valence-corrected chi connectivity index (χ4v) is 2.21. The van der Waals surface area contributed by atoms with Gasteiger partial charge in [-0.25, -0.2) is 0 Å². The average molecular weight is 259 g/mol. The molecule has 0 fully saturated rings. The second-order valence-electron chi connectivity index (χ2n) is 4.68. The molecule has 0 saturated heterocycles. The molecule has 1 aromatic carbocycles. The third-order valence-electron chi connectivity index (χ3n) is 3.18. The summed E-state index contributed by atoms with van der Waals surface area (Å²) in [4.78, 5) is 0. The number of aryl methyl sites for hydroxylation is 1. The molecule has 4 nitrogen and oxygen atoms in total. The van der Waals surface area contributed by atoms with Crippen molar-refractivity contribution in [3.05, 3.63) is 47.8 Å². The van der Waals surface area contributed by atoms with Crippen molar-refractivity contribution in [1.82, 2.24) is 9.78 Å². The van der Waals surface area contributed by atoms with Crippen molar-refractivity contribution in [2.75, 3.05) is 7.11 Å². The van der Waals surface area contributed by atoms with Gasteiger partial charge in [0.1, 0.15) is 5.75 Å². The first-order valence-electron chi connectivity index (χ1n) is 6.61. The summed E-state index contributed by atoms with van der Waals surface area (Å²) in [5.41, 5.74) is 8.56. The Labute approximate surface area is 114 Å². The molecule has 1 unspecified atom stereocenters. The van der Waals surface area contributed by atoms with Gasteiger partial charge in [-0.3, -0.25) is 4.68 Å². The molecule has 0 radical (unpaired) electrons. The lowest BCUT2D eigenvalue weighted by Crippen LogP contribution is -2.25. The molecule has 102 valence electrons. The van der Waals surface area contributed by atoms with Gasteiger partial charge in [-0.15, -0.1) is 0 Å². The summed E-state index contributed by atoms with van der Waals surface area (Å²) in [6, 6.07) is 8.09. The van der Waals surface area contributed by atoms with Gasteiger partial charge in [-0.1, -0.05) is 18.2 Å². The number of para-hydroxylation sites is 1. The minimum atomic E-state index is 0.0748. The molecule has 2 N–H and O–H groups in total. The Kier molecular flexibility index (Phi) is 4.58. The number of ether oxygens (including phenoxy) is 1. The number of benzene rings is 1. The molecule has 2 aromatic rings. The van der Waals surface area contributed by atoms with Crippen molar-refractivity contribution in [3.8, 4) is 5.75 Å². The van der Waals surface area contributed by atoms with E-state index < -0.39 is 0 Å². The van der Waals surface area contributed by atoms with Crippen LogP contribution in [0, 0.1) is 0 Å². The van der Waals surface area contributed by atoms with Crippen molar-refractivity contribution in [2.24, 2.45) is 5.73 Å². The molecule has 0 aliphatic carbocycles. The second kappa shape index (κ2) is 6.38. The number of aromatic nitrogens is 2. The zero-order chi connectivity index (χ0) is 13.7. The molecular formula is C15H21N3O. The van der Waals surface area contributed by atoms with Crippen LogP contribution in [0.25, 0.3) is 0 Å². The van der Waals surface area contributed by atoms with Crippen molar-refractivity contribution >= 4 is 0 Å². The van der Waals surface area contributed by atoms with Crippen LogP contribution in [-0.2, 0) is 19.4 Å². The Morgan fingerprint density at radius 1 is 1.32 bits per heavy atom. The highest BCUT2D eigenvalue weighted by Gasteiger charge is 2.10. The Balaban J connectivity index is 1.98. The van der Waals surface area contributed by atoms with E-state index >= 15 is 0 Å². The van der Waals surface area contributed by atoms with Gasteiger partial charge in [0.15, 0.2) is 0 Å². The van der Waals surface area contributed by atoms with E-state index in [9.17, 15) is 0 Å². The molecule has 0 saturated carbocycles. The highest BCUT2D eigenvalue weighted by molar-refractivity contribution is 5.34. The molecule has 0 aliphatic rings. The third-order valence-corrected chi connectivity index (χ3v) is 3.18. The number of methoxy groups -OCH3 is 1. The van der Waals surface area contributed by atoms with Crippen LogP contribution < -0.4 is 10.5 Å². The second-order valence-corrected chi connectivity index (χ2v) is 4.68. The van der Waals surface area contributed by atoms with Crippen LogP contribution >= 0.6 is 0 Å². The fourth-order valence-electron chi connectivity index (χ4n) is 2.21. The first kappa shape index (κ1) is 13.6. The number of rotatable bonds is 6. The van der Waals surface area contributed by atoms with Gasteiger partial charge >= 0.3 is 0 Å². The van der Waals surface area contributed by atoms with Crippen molar-refractivity contribution in [1.29, 1.82) is 0 Å². The predicted molar refractivity (Wildman–Crippen MR) is 76.3 cm³/mol.